The lowest BCUT2D eigenvalue weighted by Crippen LogP contribution is -2.14. The summed E-state index contributed by atoms with van der Waals surface area (Å²) in [5.41, 5.74) is 1.40. The van der Waals surface area contributed by atoms with Crippen LogP contribution in [-0.2, 0) is 4.74 Å². The molecule has 3 heterocycles. The number of methoxy groups -OCH3 is 1. The highest BCUT2D eigenvalue weighted by Crippen LogP contribution is 2.28. The van der Waals surface area contributed by atoms with Crippen LogP contribution in [0.2, 0.25) is 0 Å². The van der Waals surface area contributed by atoms with Gasteiger partial charge in [-0.3, -0.25) is 4.40 Å². The topological polar surface area (TPSA) is 86.0 Å². The Morgan fingerprint density at radius 3 is 2.80 bits per heavy atom. The van der Waals surface area contributed by atoms with Crippen LogP contribution in [-0.4, -0.2) is 45.8 Å². The van der Waals surface area contributed by atoms with Crippen LogP contribution in [0.5, 0.6) is 5.88 Å². The van der Waals surface area contributed by atoms with E-state index in [4.69, 9.17) is 14.6 Å². The number of carbonyl (C=O) groups is 1. The first-order valence-electron chi connectivity index (χ1n) is 6.43. The molecule has 0 bridgehead atoms. The number of carboxylic acids is 1. The van der Waals surface area contributed by atoms with Crippen molar-refractivity contribution in [2.75, 3.05) is 20.3 Å². The molecular weight excluding hydrogens is 262 g/mol. The molecule has 1 saturated heterocycles. The van der Waals surface area contributed by atoms with Gasteiger partial charge in [0.05, 0.1) is 12.8 Å². The van der Waals surface area contributed by atoms with Crippen molar-refractivity contribution in [1.29, 1.82) is 0 Å². The molecule has 7 heteroatoms. The Labute approximate surface area is 115 Å². The predicted molar refractivity (Wildman–Crippen MR) is 69.3 cm³/mol. The number of imidazole rings is 1. The van der Waals surface area contributed by atoms with Crippen LogP contribution in [0.4, 0.5) is 0 Å². The largest absolute Gasteiger partial charge is 0.478 e. The van der Waals surface area contributed by atoms with E-state index >= 15 is 0 Å². The normalized spacial score (nSPS) is 16.4. The van der Waals surface area contributed by atoms with Crippen LogP contribution in [0.15, 0.2) is 12.4 Å². The second-order valence-corrected chi connectivity index (χ2v) is 4.72. The van der Waals surface area contributed by atoms with Crippen molar-refractivity contribution in [3.8, 4) is 5.88 Å². The number of fused-ring (bicyclic) bond motifs is 1. The minimum Gasteiger partial charge on any atom is -0.478 e. The Hall–Kier alpha value is -2.15. The second kappa shape index (κ2) is 5.09. The molecule has 1 fully saturated rings. The van der Waals surface area contributed by atoms with Crippen LogP contribution in [0.25, 0.3) is 5.65 Å². The van der Waals surface area contributed by atoms with Crippen LogP contribution in [0, 0.1) is 0 Å². The lowest BCUT2D eigenvalue weighted by atomic mass is 9.97. The molecule has 2 aromatic heterocycles. The number of aromatic carboxylic acids is 1. The van der Waals surface area contributed by atoms with Crippen LogP contribution in [0.3, 0.4) is 0 Å². The molecule has 1 aliphatic heterocycles. The highest BCUT2D eigenvalue weighted by Gasteiger charge is 2.21. The molecule has 0 unspecified atom stereocenters. The highest BCUT2D eigenvalue weighted by molar-refractivity contribution is 5.85. The minimum atomic E-state index is -1.09. The zero-order chi connectivity index (χ0) is 14.1. The minimum absolute atomic E-state index is 0.0646. The van der Waals surface area contributed by atoms with Gasteiger partial charge in [-0.05, 0) is 12.8 Å². The van der Waals surface area contributed by atoms with Gasteiger partial charge in [0.1, 0.15) is 0 Å². The van der Waals surface area contributed by atoms with Crippen molar-refractivity contribution in [3.05, 3.63) is 23.8 Å². The molecule has 0 atom stereocenters. The van der Waals surface area contributed by atoms with E-state index in [1.165, 1.54) is 13.3 Å². The molecule has 0 saturated carbocycles. The average molecular weight is 277 g/mol. The van der Waals surface area contributed by atoms with Gasteiger partial charge in [0, 0.05) is 31.5 Å². The van der Waals surface area contributed by atoms with Crippen molar-refractivity contribution < 1.29 is 19.4 Å². The molecule has 7 nitrogen and oxygen atoms in total. The molecule has 1 N–H and O–H groups in total. The molecule has 20 heavy (non-hydrogen) atoms. The van der Waals surface area contributed by atoms with Crippen molar-refractivity contribution >= 4 is 11.6 Å². The third kappa shape index (κ3) is 2.20. The summed E-state index contributed by atoms with van der Waals surface area (Å²) in [6.07, 6.45) is 5.15. The quantitative estimate of drug-likeness (QED) is 0.910. The molecule has 0 aliphatic carbocycles. The SMILES string of the molecule is COc1nc(C(=O)O)cn2cc(C3CCOCC3)nc12. The molecule has 0 spiro atoms. The van der Waals surface area contributed by atoms with Gasteiger partial charge >= 0.3 is 5.97 Å². The number of hydrogen-bond acceptors (Lipinski definition) is 5. The molecule has 3 rings (SSSR count). The third-order valence-electron chi connectivity index (χ3n) is 3.48. The summed E-state index contributed by atoms with van der Waals surface area (Å²) >= 11 is 0. The molecular formula is C13H15N3O4. The monoisotopic (exact) mass is 277 g/mol. The maximum absolute atomic E-state index is 11.1. The van der Waals surface area contributed by atoms with E-state index in [2.05, 4.69) is 9.97 Å². The van der Waals surface area contributed by atoms with Gasteiger partial charge < -0.3 is 14.6 Å². The fourth-order valence-corrected chi connectivity index (χ4v) is 2.42. The number of nitrogens with zero attached hydrogens (tertiary/aromatic N) is 3. The smallest absolute Gasteiger partial charge is 0.356 e. The van der Waals surface area contributed by atoms with E-state index in [9.17, 15) is 4.79 Å². The zero-order valence-corrected chi connectivity index (χ0v) is 11.1. The van der Waals surface area contributed by atoms with Gasteiger partial charge in [0.15, 0.2) is 5.69 Å². The molecule has 0 aromatic carbocycles. The number of ether oxygens (including phenoxy) is 2. The van der Waals surface area contributed by atoms with Gasteiger partial charge in [-0.1, -0.05) is 0 Å². The standard InChI is InChI=1S/C13H15N3O4/c1-19-12-11-14-9(8-2-4-20-5-3-8)6-16(11)7-10(15-12)13(17)18/h6-8H,2-5H2,1H3,(H,17,18). The average Bonchev–Trinajstić information content (AvgIpc) is 2.91. The summed E-state index contributed by atoms with van der Waals surface area (Å²) in [5, 5.41) is 9.05. The Morgan fingerprint density at radius 1 is 1.40 bits per heavy atom. The van der Waals surface area contributed by atoms with E-state index in [0.29, 0.717) is 11.6 Å². The molecule has 1 aliphatic rings. The molecule has 2 aromatic rings. The maximum atomic E-state index is 11.1. The van der Waals surface area contributed by atoms with Gasteiger partial charge in [0.2, 0.25) is 5.65 Å². The lowest BCUT2D eigenvalue weighted by Gasteiger charge is -2.19. The van der Waals surface area contributed by atoms with Gasteiger partial charge in [0.25, 0.3) is 5.88 Å². The van der Waals surface area contributed by atoms with Gasteiger partial charge in [-0.25, -0.2) is 14.8 Å². The van der Waals surface area contributed by atoms with E-state index in [1.807, 2.05) is 6.20 Å². The summed E-state index contributed by atoms with van der Waals surface area (Å²) in [4.78, 5) is 19.5. The summed E-state index contributed by atoms with van der Waals surface area (Å²) in [6, 6.07) is 0. The third-order valence-corrected chi connectivity index (χ3v) is 3.48. The van der Waals surface area contributed by atoms with Gasteiger partial charge in [-0.15, -0.1) is 0 Å². The highest BCUT2D eigenvalue weighted by atomic mass is 16.5. The summed E-state index contributed by atoms with van der Waals surface area (Å²) < 4.78 is 12.1. The van der Waals surface area contributed by atoms with Crippen molar-refractivity contribution in [1.82, 2.24) is 14.4 Å². The molecule has 0 radical (unpaired) electrons. The molecule has 106 valence electrons. The summed E-state index contributed by atoms with van der Waals surface area (Å²) in [7, 11) is 1.46. The van der Waals surface area contributed by atoms with E-state index in [1.54, 1.807) is 4.40 Å². The summed E-state index contributed by atoms with van der Waals surface area (Å²) in [5.74, 6) is -0.531. The van der Waals surface area contributed by atoms with E-state index in [-0.39, 0.29) is 11.6 Å². The fourth-order valence-electron chi connectivity index (χ4n) is 2.42. The maximum Gasteiger partial charge on any atom is 0.356 e. The van der Waals surface area contributed by atoms with Crippen LogP contribution in [0.1, 0.15) is 34.9 Å². The number of carboxylic acid groups (broad SMARTS) is 1. The Morgan fingerprint density at radius 2 is 2.15 bits per heavy atom. The van der Waals surface area contributed by atoms with Crippen LogP contribution >= 0.6 is 0 Å². The zero-order valence-electron chi connectivity index (χ0n) is 11.1. The Bertz CT molecular complexity index is 646. The number of hydrogen-bond donors (Lipinski definition) is 1. The summed E-state index contributed by atoms with van der Waals surface area (Å²) in [6.45, 7) is 1.46. The van der Waals surface area contributed by atoms with Crippen molar-refractivity contribution in [3.63, 3.8) is 0 Å². The first kappa shape index (κ1) is 12.9. The number of aromatic nitrogens is 3. The first-order valence-corrected chi connectivity index (χ1v) is 6.43. The van der Waals surface area contributed by atoms with E-state index < -0.39 is 5.97 Å². The fraction of sp³-hybridized carbons (Fsp3) is 0.462. The predicted octanol–water partition coefficient (Wildman–Crippen LogP) is 1.33. The second-order valence-electron chi connectivity index (χ2n) is 4.72. The molecule has 0 amide bonds. The van der Waals surface area contributed by atoms with Crippen LogP contribution < -0.4 is 4.74 Å². The number of rotatable bonds is 3. The van der Waals surface area contributed by atoms with Gasteiger partial charge in [-0.2, -0.15) is 0 Å². The van der Waals surface area contributed by atoms with E-state index in [0.717, 1.165) is 31.7 Å². The Balaban J connectivity index is 2.06. The first-order chi connectivity index (χ1) is 9.69. The Kier molecular flexibility index (Phi) is 3.27. The van der Waals surface area contributed by atoms with Crippen molar-refractivity contribution in [2.45, 2.75) is 18.8 Å². The lowest BCUT2D eigenvalue weighted by molar-refractivity contribution is 0.0689. The van der Waals surface area contributed by atoms with Crippen molar-refractivity contribution in [2.24, 2.45) is 0 Å².